The first-order valence-corrected chi connectivity index (χ1v) is 6.14. The van der Waals surface area contributed by atoms with E-state index in [-0.39, 0.29) is 12.8 Å². The highest BCUT2D eigenvalue weighted by Gasteiger charge is 2.19. The van der Waals surface area contributed by atoms with Gasteiger partial charge in [-0.15, -0.1) is 0 Å². The van der Waals surface area contributed by atoms with Gasteiger partial charge in [-0.25, -0.2) is 0 Å². The Kier molecular flexibility index (Phi) is 10.0. The van der Waals surface area contributed by atoms with Crippen molar-refractivity contribution < 1.29 is 14.3 Å². The molecule has 1 heterocycles. The highest BCUT2D eigenvalue weighted by Crippen LogP contribution is 2.03. The fourth-order valence-electron chi connectivity index (χ4n) is 1.16. The van der Waals surface area contributed by atoms with E-state index in [4.69, 9.17) is 0 Å². The summed E-state index contributed by atoms with van der Waals surface area (Å²) in [6.07, 6.45) is 5.78. The van der Waals surface area contributed by atoms with Gasteiger partial charge >= 0.3 is 11.9 Å². The van der Waals surface area contributed by atoms with Crippen LogP contribution < -0.4 is 5.32 Å². The summed E-state index contributed by atoms with van der Waals surface area (Å²) in [5.41, 5.74) is 0. The van der Waals surface area contributed by atoms with Crippen molar-refractivity contribution in [2.45, 2.75) is 52.4 Å². The zero-order valence-corrected chi connectivity index (χ0v) is 10.4. The summed E-state index contributed by atoms with van der Waals surface area (Å²) in [6.45, 7) is 6.86. The minimum atomic E-state index is -0.398. The Labute approximate surface area is 97.7 Å². The SMILES string of the molecule is CCCCNCCCC.O=C1CCC(=O)O1. The van der Waals surface area contributed by atoms with Crippen molar-refractivity contribution in [2.24, 2.45) is 0 Å². The molecule has 1 rings (SSSR count). The molecule has 0 aromatic carbocycles. The van der Waals surface area contributed by atoms with Crippen LogP contribution in [0, 0.1) is 0 Å². The molecule has 16 heavy (non-hydrogen) atoms. The third-order valence-corrected chi connectivity index (χ3v) is 2.18. The molecular weight excluding hydrogens is 206 g/mol. The molecule has 0 saturated carbocycles. The van der Waals surface area contributed by atoms with E-state index in [1.54, 1.807) is 0 Å². The summed E-state index contributed by atoms with van der Waals surface area (Å²) in [6, 6.07) is 0. The second-order valence-electron chi connectivity index (χ2n) is 3.80. The molecule has 0 radical (unpaired) electrons. The molecule has 94 valence electrons. The molecule has 1 N–H and O–H groups in total. The molecule has 0 aliphatic carbocycles. The van der Waals surface area contributed by atoms with E-state index < -0.39 is 11.9 Å². The maximum absolute atomic E-state index is 10.0. The molecule has 0 amide bonds. The van der Waals surface area contributed by atoms with Gasteiger partial charge in [0.15, 0.2) is 0 Å². The number of hydrogen-bond acceptors (Lipinski definition) is 4. The fourth-order valence-corrected chi connectivity index (χ4v) is 1.16. The van der Waals surface area contributed by atoms with E-state index in [2.05, 4.69) is 23.9 Å². The standard InChI is InChI=1S/C8H19N.C4H4O3/c1-3-5-7-9-8-6-4-2;5-3-1-2-4(6)7-3/h9H,3-8H2,1-2H3;1-2H2. The molecule has 1 fully saturated rings. The summed E-state index contributed by atoms with van der Waals surface area (Å²) in [5.74, 6) is -0.796. The molecule has 1 saturated heterocycles. The molecule has 1 aliphatic rings. The van der Waals surface area contributed by atoms with Crippen LogP contribution in [0.2, 0.25) is 0 Å². The molecule has 0 unspecified atom stereocenters. The number of hydrogen-bond donors (Lipinski definition) is 1. The fraction of sp³-hybridized carbons (Fsp3) is 0.833. The van der Waals surface area contributed by atoms with Crippen molar-refractivity contribution >= 4 is 11.9 Å². The molecule has 4 heteroatoms. The Hall–Kier alpha value is -0.900. The lowest BCUT2D eigenvalue weighted by Gasteiger charge is -1.99. The predicted molar refractivity (Wildman–Crippen MR) is 63.0 cm³/mol. The van der Waals surface area contributed by atoms with Gasteiger partial charge in [-0.3, -0.25) is 9.59 Å². The van der Waals surface area contributed by atoms with Crippen LogP contribution in [-0.4, -0.2) is 25.0 Å². The molecule has 0 atom stereocenters. The third-order valence-electron chi connectivity index (χ3n) is 2.18. The van der Waals surface area contributed by atoms with Gasteiger partial charge in [-0.05, 0) is 25.9 Å². The normalized spacial score (nSPS) is 14.4. The van der Waals surface area contributed by atoms with E-state index >= 15 is 0 Å². The lowest BCUT2D eigenvalue weighted by Crippen LogP contribution is -2.15. The zero-order chi connectivity index (χ0) is 12.2. The maximum Gasteiger partial charge on any atom is 0.314 e. The summed E-state index contributed by atoms with van der Waals surface area (Å²) < 4.78 is 4.08. The Morgan fingerprint density at radius 3 is 1.69 bits per heavy atom. The van der Waals surface area contributed by atoms with E-state index in [0.29, 0.717) is 0 Å². The Balaban J connectivity index is 0.000000288. The van der Waals surface area contributed by atoms with Gasteiger partial charge < -0.3 is 10.1 Å². The number of ether oxygens (including phenoxy) is 1. The Morgan fingerprint density at radius 2 is 1.44 bits per heavy atom. The molecule has 0 bridgehead atoms. The molecular formula is C12H23NO3. The lowest BCUT2D eigenvalue weighted by atomic mass is 10.3. The number of cyclic esters (lactones) is 2. The Morgan fingerprint density at radius 1 is 1.00 bits per heavy atom. The van der Waals surface area contributed by atoms with Crippen LogP contribution >= 0.6 is 0 Å². The number of esters is 2. The summed E-state index contributed by atoms with van der Waals surface area (Å²) in [7, 11) is 0. The van der Waals surface area contributed by atoms with Crippen LogP contribution in [0.5, 0.6) is 0 Å². The van der Waals surface area contributed by atoms with Crippen LogP contribution in [-0.2, 0) is 14.3 Å². The summed E-state index contributed by atoms with van der Waals surface area (Å²) >= 11 is 0. The van der Waals surface area contributed by atoms with Crippen LogP contribution in [0.1, 0.15) is 52.4 Å². The number of carbonyl (C=O) groups is 2. The molecule has 4 nitrogen and oxygen atoms in total. The summed E-state index contributed by atoms with van der Waals surface area (Å²) in [4.78, 5) is 20.0. The lowest BCUT2D eigenvalue weighted by molar-refractivity contribution is -0.151. The second kappa shape index (κ2) is 10.6. The topological polar surface area (TPSA) is 55.4 Å². The van der Waals surface area contributed by atoms with Crippen molar-refractivity contribution in [3.63, 3.8) is 0 Å². The first-order chi connectivity index (χ1) is 7.70. The smallest absolute Gasteiger partial charge is 0.314 e. The number of rotatable bonds is 6. The van der Waals surface area contributed by atoms with E-state index in [0.717, 1.165) is 0 Å². The van der Waals surface area contributed by atoms with Crippen molar-refractivity contribution in [3.05, 3.63) is 0 Å². The minimum absolute atomic E-state index is 0.263. The number of carbonyl (C=O) groups excluding carboxylic acids is 2. The Bertz CT molecular complexity index is 184. The van der Waals surface area contributed by atoms with Gasteiger partial charge in [-0.2, -0.15) is 0 Å². The van der Waals surface area contributed by atoms with Crippen LogP contribution in [0.3, 0.4) is 0 Å². The van der Waals surface area contributed by atoms with E-state index in [1.807, 2.05) is 0 Å². The molecule has 0 aromatic heterocycles. The van der Waals surface area contributed by atoms with Gasteiger partial charge in [0.25, 0.3) is 0 Å². The van der Waals surface area contributed by atoms with Crippen molar-refractivity contribution in [1.29, 1.82) is 0 Å². The van der Waals surface area contributed by atoms with Gasteiger partial charge in [0.1, 0.15) is 0 Å². The van der Waals surface area contributed by atoms with Crippen molar-refractivity contribution in [1.82, 2.24) is 5.32 Å². The largest absolute Gasteiger partial charge is 0.393 e. The third kappa shape index (κ3) is 9.65. The number of unbranched alkanes of at least 4 members (excludes halogenated alkanes) is 2. The quantitative estimate of drug-likeness (QED) is 0.430. The average Bonchev–Trinajstić information content (AvgIpc) is 2.63. The minimum Gasteiger partial charge on any atom is -0.393 e. The zero-order valence-electron chi connectivity index (χ0n) is 10.4. The summed E-state index contributed by atoms with van der Waals surface area (Å²) in [5, 5.41) is 3.39. The van der Waals surface area contributed by atoms with E-state index in [9.17, 15) is 9.59 Å². The second-order valence-corrected chi connectivity index (χ2v) is 3.80. The van der Waals surface area contributed by atoms with Crippen molar-refractivity contribution in [2.75, 3.05) is 13.1 Å². The van der Waals surface area contributed by atoms with Gasteiger partial charge in [0.05, 0.1) is 12.8 Å². The maximum atomic E-state index is 10.0. The molecule has 1 aliphatic heterocycles. The van der Waals surface area contributed by atoms with Crippen LogP contribution in [0.25, 0.3) is 0 Å². The number of nitrogens with one attached hydrogen (secondary N) is 1. The highest BCUT2D eigenvalue weighted by atomic mass is 16.6. The molecule has 0 spiro atoms. The van der Waals surface area contributed by atoms with E-state index in [1.165, 1.54) is 38.8 Å². The van der Waals surface area contributed by atoms with Gasteiger partial charge in [0, 0.05) is 0 Å². The molecule has 0 aromatic rings. The van der Waals surface area contributed by atoms with Crippen LogP contribution in [0.15, 0.2) is 0 Å². The first-order valence-electron chi connectivity index (χ1n) is 6.14. The van der Waals surface area contributed by atoms with Crippen LogP contribution in [0.4, 0.5) is 0 Å². The average molecular weight is 229 g/mol. The predicted octanol–water partition coefficient (Wildman–Crippen LogP) is 2.03. The van der Waals surface area contributed by atoms with Gasteiger partial charge in [0.2, 0.25) is 0 Å². The van der Waals surface area contributed by atoms with Gasteiger partial charge in [-0.1, -0.05) is 26.7 Å². The highest BCUT2D eigenvalue weighted by molar-refractivity contribution is 5.92. The first kappa shape index (κ1) is 15.1. The van der Waals surface area contributed by atoms with Crippen molar-refractivity contribution in [3.8, 4) is 0 Å². The monoisotopic (exact) mass is 229 g/mol.